The third kappa shape index (κ3) is 6.75. The van der Waals surface area contributed by atoms with Gasteiger partial charge in [0.15, 0.2) is 0 Å². The van der Waals surface area contributed by atoms with E-state index in [0.29, 0.717) is 19.1 Å². The molecule has 2 aliphatic rings. The number of carbonyl (C=O) groups is 2. The fourth-order valence-corrected chi connectivity index (χ4v) is 4.47. The van der Waals surface area contributed by atoms with E-state index >= 15 is 0 Å². The molecule has 0 spiro atoms. The van der Waals surface area contributed by atoms with Gasteiger partial charge in [-0.05, 0) is 44.4 Å². The minimum absolute atomic E-state index is 0.102. The first kappa shape index (κ1) is 21.5. The highest BCUT2D eigenvalue weighted by Gasteiger charge is 2.38. The first-order valence-electron chi connectivity index (χ1n) is 10.5. The van der Waals surface area contributed by atoms with Gasteiger partial charge in [-0.15, -0.1) is 11.6 Å². The minimum atomic E-state index is -0.348. The van der Waals surface area contributed by atoms with E-state index in [2.05, 4.69) is 13.8 Å². The average molecular weight is 387 g/mol. The standard InChI is InChI=1S/C21H35ClO4/c1-15(2)8-7-13-25-20(23)17-10-4-5-11-18(17)21(24)26-14-16-9-3-6-12-19(16)22/h15-19H,3-14H2,1-2H3. The summed E-state index contributed by atoms with van der Waals surface area (Å²) in [6.07, 6.45) is 9.65. The second-order valence-corrected chi connectivity index (χ2v) is 8.95. The van der Waals surface area contributed by atoms with E-state index in [0.717, 1.165) is 64.2 Å². The van der Waals surface area contributed by atoms with Crippen LogP contribution >= 0.6 is 11.6 Å². The lowest BCUT2D eigenvalue weighted by atomic mass is 9.79. The number of hydrogen-bond acceptors (Lipinski definition) is 4. The van der Waals surface area contributed by atoms with Crippen LogP contribution in [0, 0.1) is 23.7 Å². The molecule has 4 nitrogen and oxygen atoms in total. The molecule has 0 radical (unpaired) electrons. The van der Waals surface area contributed by atoms with Gasteiger partial charge in [0.2, 0.25) is 0 Å². The zero-order valence-electron chi connectivity index (χ0n) is 16.4. The Morgan fingerprint density at radius 3 is 2.12 bits per heavy atom. The van der Waals surface area contributed by atoms with Gasteiger partial charge in [-0.3, -0.25) is 9.59 Å². The van der Waals surface area contributed by atoms with Crippen LogP contribution in [0.4, 0.5) is 0 Å². The maximum Gasteiger partial charge on any atom is 0.309 e. The molecule has 2 saturated carbocycles. The van der Waals surface area contributed by atoms with E-state index in [1.165, 1.54) is 0 Å². The molecule has 5 heteroatoms. The van der Waals surface area contributed by atoms with Crippen LogP contribution < -0.4 is 0 Å². The van der Waals surface area contributed by atoms with Crippen LogP contribution in [0.25, 0.3) is 0 Å². The number of halogens is 1. The summed E-state index contributed by atoms with van der Waals surface area (Å²) in [6.45, 7) is 5.16. The third-order valence-electron chi connectivity index (χ3n) is 5.80. The molecule has 0 aliphatic heterocycles. The van der Waals surface area contributed by atoms with E-state index < -0.39 is 0 Å². The quantitative estimate of drug-likeness (QED) is 0.330. The average Bonchev–Trinajstić information content (AvgIpc) is 2.64. The monoisotopic (exact) mass is 386 g/mol. The van der Waals surface area contributed by atoms with Gasteiger partial charge < -0.3 is 9.47 Å². The summed E-state index contributed by atoms with van der Waals surface area (Å²) >= 11 is 6.36. The summed E-state index contributed by atoms with van der Waals surface area (Å²) < 4.78 is 11.1. The van der Waals surface area contributed by atoms with Crippen molar-refractivity contribution in [1.29, 1.82) is 0 Å². The van der Waals surface area contributed by atoms with Crippen LogP contribution in [0.5, 0.6) is 0 Å². The van der Waals surface area contributed by atoms with Gasteiger partial charge in [0.25, 0.3) is 0 Å². The lowest BCUT2D eigenvalue weighted by molar-refractivity contribution is -0.163. The van der Waals surface area contributed by atoms with Gasteiger partial charge in [0.1, 0.15) is 0 Å². The molecular weight excluding hydrogens is 352 g/mol. The maximum absolute atomic E-state index is 12.6. The van der Waals surface area contributed by atoms with Gasteiger partial charge in [-0.2, -0.15) is 0 Å². The van der Waals surface area contributed by atoms with E-state index in [-0.39, 0.29) is 35.1 Å². The molecule has 4 atom stereocenters. The molecule has 0 aromatic carbocycles. The van der Waals surface area contributed by atoms with Crippen LogP contribution in [0.2, 0.25) is 0 Å². The fourth-order valence-electron chi connectivity index (χ4n) is 4.11. The largest absolute Gasteiger partial charge is 0.465 e. The van der Waals surface area contributed by atoms with Crippen LogP contribution in [-0.4, -0.2) is 30.5 Å². The summed E-state index contributed by atoms with van der Waals surface area (Å²) in [5, 5.41) is 0.102. The highest BCUT2D eigenvalue weighted by atomic mass is 35.5. The molecule has 4 unspecified atom stereocenters. The second kappa shape index (κ2) is 11.2. The Morgan fingerprint density at radius 1 is 0.923 bits per heavy atom. The van der Waals surface area contributed by atoms with E-state index in [4.69, 9.17) is 21.1 Å². The lowest BCUT2D eigenvalue weighted by Gasteiger charge is -2.30. The fraction of sp³-hybridized carbons (Fsp3) is 0.905. The SMILES string of the molecule is CC(C)CCCOC(=O)C1CCCCC1C(=O)OCC1CCCCC1Cl. The van der Waals surface area contributed by atoms with Crippen molar-refractivity contribution in [3.63, 3.8) is 0 Å². The Hall–Kier alpha value is -0.770. The summed E-state index contributed by atoms with van der Waals surface area (Å²) in [7, 11) is 0. The zero-order chi connectivity index (χ0) is 18.9. The van der Waals surface area contributed by atoms with Gasteiger partial charge in [-0.25, -0.2) is 0 Å². The lowest BCUT2D eigenvalue weighted by Crippen LogP contribution is -2.36. The van der Waals surface area contributed by atoms with Crippen LogP contribution in [0.1, 0.15) is 78.1 Å². The van der Waals surface area contributed by atoms with Gasteiger partial charge in [0, 0.05) is 11.3 Å². The van der Waals surface area contributed by atoms with Gasteiger partial charge in [0.05, 0.1) is 25.0 Å². The van der Waals surface area contributed by atoms with Crippen LogP contribution in [0.15, 0.2) is 0 Å². The molecule has 0 amide bonds. The predicted molar refractivity (Wildman–Crippen MR) is 103 cm³/mol. The van der Waals surface area contributed by atoms with Gasteiger partial charge in [-0.1, -0.05) is 39.5 Å². The molecule has 26 heavy (non-hydrogen) atoms. The van der Waals surface area contributed by atoms with Crippen molar-refractivity contribution in [3.05, 3.63) is 0 Å². The van der Waals surface area contributed by atoms with Crippen molar-refractivity contribution in [2.45, 2.75) is 83.4 Å². The van der Waals surface area contributed by atoms with Crippen molar-refractivity contribution in [2.24, 2.45) is 23.7 Å². The Bertz CT molecular complexity index is 451. The molecule has 150 valence electrons. The summed E-state index contributed by atoms with van der Waals surface area (Å²) in [5.74, 6) is -0.283. The van der Waals surface area contributed by atoms with Crippen molar-refractivity contribution >= 4 is 23.5 Å². The van der Waals surface area contributed by atoms with Crippen molar-refractivity contribution in [2.75, 3.05) is 13.2 Å². The molecular formula is C21H35ClO4. The Balaban J connectivity index is 1.80. The molecule has 2 fully saturated rings. The van der Waals surface area contributed by atoms with E-state index in [9.17, 15) is 9.59 Å². The number of carbonyl (C=O) groups excluding carboxylic acids is 2. The molecule has 2 aliphatic carbocycles. The first-order valence-corrected chi connectivity index (χ1v) is 10.9. The highest BCUT2D eigenvalue weighted by molar-refractivity contribution is 6.20. The molecule has 0 N–H and O–H groups in total. The number of esters is 2. The number of hydrogen-bond donors (Lipinski definition) is 0. The Morgan fingerprint density at radius 2 is 1.50 bits per heavy atom. The Labute approximate surface area is 163 Å². The smallest absolute Gasteiger partial charge is 0.309 e. The molecule has 0 saturated heterocycles. The van der Waals surface area contributed by atoms with Crippen LogP contribution in [-0.2, 0) is 19.1 Å². The topological polar surface area (TPSA) is 52.6 Å². The molecule has 0 aromatic rings. The van der Waals surface area contributed by atoms with Crippen molar-refractivity contribution < 1.29 is 19.1 Å². The summed E-state index contributed by atoms with van der Waals surface area (Å²) in [5.41, 5.74) is 0. The normalized spacial score (nSPS) is 29.4. The molecule has 0 aromatic heterocycles. The molecule has 2 rings (SSSR count). The number of rotatable bonds is 8. The van der Waals surface area contributed by atoms with Crippen molar-refractivity contribution in [1.82, 2.24) is 0 Å². The third-order valence-corrected chi connectivity index (χ3v) is 6.37. The van der Waals surface area contributed by atoms with E-state index in [1.807, 2.05) is 0 Å². The van der Waals surface area contributed by atoms with E-state index in [1.54, 1.807) is 0 Å². The number of ether oxygens (including phenoxy) is 2. The predicted octanol–water partition coefficient (Wildman–Crippen LogP) is 5.11. The summed E-state index contributed by atoms with van der Waals surface area (Å²) in [6, 6.07) is 0. The minimum Gasteiger partial charge on any atom is -0.465 e. The maximum atomic E-state index is 12.6. The van der Waals surface area contributed by atoms with Gasteiger partial charge >= 0.3 is 11.9 Å². The Kier molecular flexibility index (Phi) is 9.24. The summed E-state index contributed by atoms with van der Waals surface area (Å²) in [4.78, 5) is 25.1. The van der Waals surface area contributed by atoms with Crippen LogP contribution in [0.3, 0.4) is 0 Å². The molecule has 0 heterocycles. The highest BCUT2D eigenvalue weighted by Crippen LogP contribution is 2.33. The zero-order valence-corrected chi connectivity index (χ0v) is 17.1. The molecule has 0 bridgehead atoms. The van der Waals surface area contributed by atoms with Crippen molar-refractivity contribution in [3.8, 4) is 0 Å². The second-order valence-electron chi connectivity index (χ2n) is 8.39. The number of alkyl halides is 1. The first-order chi connectivity index (χ1) is 12.5.